The van der Waals surface area contributed by atoms with Crippen LogP contribution in [0.4, 0.5) is 0 Å². The van der Waals surface area contributed by atoms with E-state index in [0.29, 0.717) is 13.0 Å². The van der Waals surface area contributed by atoms with Crippen molar-refractivity contribution in [1.29, 1.82) is 0 Å². The summed E-state index contributed by atoms with van der Waals surface area (Å²) in [6, 6.07) is 1.48. The maximum absolute atomic E-state index is 12.4. The minimum absolute atomic E-state index is 0.0289. The van der Waals surface area contributed by atoms with E-state index < -0.39 is 0 Å². The summed E-state index contributed by atoms with van der Waals surface area (Å²) in [5.41, 5.74) is 0.762. The number of hydrogen-bond acceptors (Lipinski definition) is 5. The number of nitrogens with zero attached hydrogens (tertiary/aromatic N) is 2. The van der Waals surface area contributed by atoms with Crippen LogP contribution in [-0.4, -0.2) is 40.5 Å². The van der Waals surface area contributed by atoms with Crippen molar-refractivity contribution in [3.05, 3.63) is 22.1 Å². The molecule has 2 aliphatic rings. The normalized spacial score (nSPS) is 23.3. The molecule has 0 saturated carbocycles. The Balaban J connectivity index is 1.63. The molecule has 3 heterocycles. The van der Waals surface area contributed by atoms with Gasteiger partial charge in [-0.2, -0.15) is 0 Å². The number of carbonyl (C=O) groups is 1. The molecule has 0 radical (unpaired) electrons. The van der Waals surface area contributed by atoms with E-state index in [2.05, 4.69) is 10.3 Å². The van der Waals surface area contributed by atoms with Crippen LogP contribution in [0.15, 0.2) is 16.0 Å². The first-order valence-electron chi connectivity index (χ1n) is 8.19. The number of amides is 1. The van der Waals surface area contributed by atoms with Gasteiger partial charge in [0.15, 0.2) is 5.16 Å². The van der Waals surface area contributed by atoms with Gasteiger partial charge >= 0.3 is 0 Å². The highest BCUT2D eigenvalue weighted by atomic mass is 32.2. The average Bonchev–Trinajstić information content (AvgIpc) is 3.15. The first-order valence-corrected chi connectivity index (χ1v) is 9.17. The van der Waals surface area contributed by atoms with Crippen molar-refractivity contribution in [2.75, 3.05) is 18.9 Å². The van der Waals surface area contributed by atoms with Gasteiger partial charge in [0, 0.05) is 31.4 Å². The fourth-order valence-electron chi connectivity index (χ4n) is 2.94. The molecule has 23 heavy (non-hydrogen) atoms. The zero-order valence-corrected chi connectivity index (χ0v) is 14.4. The summed E-state index contributed by atoms with van der Waals surface area (Å²) in [6.07, 6.45) is 2.52. The van der Waals surface area contributed by atoms with Gasteiger partial charge in [-0.1, -0.05) is 25.6 Å². The number of aromatic nitrogens is 2. The van der Waals surface area contributed by atoms with Gasteiger partial charge in [-0.15, -0.1) is 0 Å². The van der Waals surface area contributed by atoms with Crippen LogP contribution < -0.4 is 10.9 Å². The van der Waals surface area contributed by atoms with Crippen molar-refractivity contribution in [3.8, 4) is 0 Å². The molecule has 2 unspecified atom stereocenters. The quantitative estimate of drug-likeness (QED) is 0.828. The van der Waals surface area contributed by atoms with Crippen LogP contribution in [0.2, 0.25) is 0 Å². The number of thioether (sulfide) groups is 1. The van der Waals surface area contributed by atoms with Gasteiger partial charge in [0.2, 0.25) is 5.91 Å². The molecule has 1 saturated heterocycles. The van der Waals surface area contributed by atoms with E-state index in [4.69, 9.17) is 4.74 Å². The highest BCUT2D eigenvalue weighted by Crippen LogP contribution is 2.32. The SMILES string of the molecule is CC(C)c1cc(=O)n2c(n1)SCC2CC(=O)NCC1CCCO1. The lowest BCUT2D eigenvalue weighted by Crippen LogP contribution is -2.34. The highest BCUT2D eigenvalue weighted by molar-refractivity contribution is 7.99. The zero-order valence-electron chi connectivity index (χ0n) is 13.6. The fourth-order valence-corrected chi connectivity index (χ4v) is 4.09. The van der Waals surface area contributed by atoms with Crippen molar-refractivity contribution < 1.29 is 9.53 Å². The van der Waals surface area contributed by atoms with E-state index in [1.165, 1.54) is 0 Å². The van der Waals surface area contributed by atoms with Gasteiger partial charge in [-0.05, 0) is 18.8 Å². The Hall–Kier alpha value is -1.34. The third kappa shape index (κ3) is 3.77. The fraction of sp³-hybridized carbons (Fsp3) is 0.688. The van der Waals surface area contributed by atoms with Crippen molar-refractivity contribution in [1.82, 2.24) is 14.9 Å². The van der Waals surface area contributed by atoms with E-state index >= 15 is 0 Å². The average molecular weight is 337 g/mol. The molecule has 1 aromatic heterocycles. The predicted octanol–water partition coefficient (Wildman–Crippen LogP) is 1.70. The molecule has 1 aromatic rings. The van der Waals surface area contributed by atoms with Crippen LogP contribution in [-0.2, 0) is 9.53 Å². The second kappa shape index (κ2) is 7.05. The van der Waals surface area contributed by atoms with Crippen LogP contribution in [0.25, 0.3) is 0 Å². The largest absolute Gasteiger partial charge is 0.376 e. The molecular weight excluding hydrogens is 314 g/mol. The summed E-state index contributed by atoms with van der Waals surface area (Å²) in [4.78, 5) is 29.0. The van der Waals surface area contributed by atoms with E-state index in [1.807, 2.05) is 13.8 Å². The lowest BCUT2D eigenvalue weighted by molar-refractivity contribution is -0.122. The molecule has 2 aliphatic heterocycles. The number of hydrogen-bond donors (Lipinski definition) is 1. The summed E-state index contributed by atoms with van der Waals surface area (Å²) >= 11 is 1.55. The van der Waals surface area contributed by atoms with Crippen molar-refractivity contribution in [2.45, 2.75) is 56.3 Å². The number of carbonyl (C=O) groups excluding carboxylic acids is 1. The maximum Gasteiger partial charge on any atom is 0.254 e. The standard InChI is InChI=1S/C16H23N3O3S/c1-10(2)13-7-15(21)19-11(9-23-16(19)18-13)6-14(20)17-8-12-4-3-5-22-12/h7,10-12H,3-6,8-9H2,1-2H3,(H,17,20). The van der Waals surface area contributed by atoms with Crippen LogP contribution in [0.3, 0.4) is 0 Å². The molecule has 0 aliphatic carbocycles. The molecule has 1 fully saturated rings. The van der Waals surface area contributed by atoms with E-state index in [0.717, 1.165) is 36.1 Å². The highest BCUT2D eigenvalue weighted by Gasteiger charge is 2.28. The van der Waals surface area contributed by atoms with Gasteiger partial charge in [-0.25, -0.2) is 4.98 Å². The Kier molecular flexibility index (Phi) is 5.06. The Morgan fingerprint density at radius 1 is 1.57 bits per heavy atom. The van der Waals surface area contributed by atoms with Crippen molar-refractivity contribution in [2.24, 2.45) is 0 Å². The van der Waals surface area contributed by atoms with Crippen molar-refractivity contribution >= 4 is 17.7 Å². The maximum atomic E-state index is 12.4. The zero-order chi connectivity index (χ0) is 16.4. The third-order valence-corrected chi connectivity index (χ3v) is 5.37. The Morgan fingerprint density at radius 3 is 3.09 bits per heavy atom. The molecule has 0 aromatic carbocycles. The molecule has 3 rings (SSSR count). The molecular formula is C16H23N3O3S. The van der Waals surface area contributed by atoms with Gasteiger partial charge in [0.25, 0.3) is 5.56 Å². The molecule has 126 valence electrons. The summed E-state index contributed by atoms with van der Waals surface area (Å²) in [5, 5.41) is 3.66. The monoisotopic (exact) mass is 337 g/mol. The van der Waals surface area contributed by atoms with E-state index in [9.17, 15) is 9.59 Å². The van der Waals surface area contributed by atoms with Crippen LogP contribution in [0.5, 0.6) is 0 Å². The third-order valence-electron chi connectivity index (χ3n) is 4.27. The topological polar surface area (TPSA) is 73.2 Å². The molecule has 1 N–H and O–H groups in total. The number of fused-ring (bicyclic) bond motifs is 1. The second-order valence-electron chi connectivity index (χ2n) is 6.43. The Bertz CT molecular complexity index is 638. The minimum Gasteiger partial charge on any atom is -0.376 e. The van der Waals surface area contributed by atoms with Crippen LogP contribution in [0.1, 0.15) is 50.8 Å². The molecule has 1 amide bonds. The number of ether oxygens (including phenoxy) is 1. The van der Waals surface area contributed by atoms with Gasteiger partial charge < -0.3 is 10.1 Å². The molecule has 6 nitrogen and oxygen atoms in total. The van der Waals surface area contributed by atoms with Crippen molar-refractivity contribution in [3.63, 3.8) is 0 Å². The first kappa shape index (κ1) is 16.5. The lowest BCUT2D eigenvalue weighted by Gasteiger charge is -2.15. The summed E-state index contributed by atoms with van der Waals surface area (Å²) in [5.74, 6) is 0.915. The van der Waals surface area contributed by atoms with E-state index in [-0.39, 0.29) is 29.5 Å². The number of rotatable bonds is 5. The van der Waals surface area contributed by atoms with Gasteiger partial charge in [-0.3, -0.25) is 14.2 Å². The molecule has 0 bridgehead atoms. The molecule has 0 spiro atoms. The molecule has 7 heteroatoms. The number of nitrogens with one attached hydrogen (secondary N) is 1. The van der Waals surface area contributed by atoms with Gasteiger partial charge in [0.1, 0.15) is 0 Å². The smallest absolute Gasteiger partial charge is 0.254 e. The summed E-state index contributed by atoms with van der Waals surface area (Å²) in [7, 11) is 0. The van der Waals surface area contributed by atoms with Crippen LogP contribution >= 0.6 is 11.8 Å². The Labute approximate surface area is 140 Å². The molecule has 2 atom stereocenters. The van der Waals surface area contributed by atoms with E-state index in [1.54, 1.807) is 22.4 Å². The predicted molar refractivity (Wildman–Crippen MR) is 88.9 cm³/mol. The van der Waals surface area contributed by atoms with Crippen LogP contribution in [0, 0.1) is 0 Å². The lowest BCUT2D eigenvalue weighted by atomic mass is 10.1. The second-order valence-corrected chi connectivity index (χ2v) is 7.42. The Morgan fingerprint density at radius 2 is 2.39 bits per heavy atom. The summed E-state index contributed by atoms with van der Waals surface area (Å²) < 4.78 is 7.17. The minimum atomic E-state index is -0.110. The summed E-state index contributed by atoms with van der Waals surface area (Å²) in [6.45, 7) is 5.39. The van der Waals surface area contributed by atoms with Gasteiger partial charge in [0.05, 0.1) is 17.8 Å². The first-order chi connectivity index (χ1) is 11.0.